The summed E-state index contributed by atoms with van der Waals surface area (Å²) >= 11 is 0. The van der Waals surface area contributed by atoms with Crippen LogP contribution in [-0.4, -0.2) is 33.5 Å². The Labute approximate surface area is 139 Å². The van der Waals surface area contributed by atoms with Gasteiger partial charge in [-0.2, -0.15) is 5.10 Å². The molecule has 0 saturated carbocycles. The van der Waals surface area contributed by atoms with Gasteiger partial charge in [-0.3, -0.25) is 4.79 Å². The molecule has 0 spiro atoms. The number of allylic oxidation sites excluding steroid dienone is 1. The quantitative estimate of drug-likeness (QED) is 0.623. The van der Waals surface area contributed by atoms with Crippen LogP contribution in [0.2, 0.25) is 0 Å². The molecule has 1 amide bonds. The van der Waals surface area contributed by atoms with Crippen molar-refractivity contribution in [3.05, 3.63) is 47.9 Å². The molecule has 0 aliphatic carbocycles. The smallest absolute Gasteiger partial charge is 0.271 e. The first-order chi connectivity index (χ1) is 11.7. The molecule has 0 aliphatic rings. The van der Waals surface area contributed by atoms with E-state index in [-0.39, 0.29) is 0 Å². The highest BCUT2D eigenvalue weighted by molar-refractivity contribution is 5.96. The Hall–Kier alpha value is -3.22. The van der Waals surface area contributed by atoms with Crippen LogP contribution >= 0.6 is 0 Å². The second kappa shape index (κ2) is 8.42. The normalized spacial score (nSPS) is 11.0. The fraction of sp³-hybridized carbons (Fsp3) is 0.176. The lowest BCUT2D eigenvalue weighted by Crippen LogP contribution is -2.17. The van der Waals surface area contributed by atoms with Gasteiger partial charge < -0.3 is 18.6 Å². The van der Waals surface area contributed by atoms with Crippen molar-refractivity contribution >= 4 is 18.2 Å². The number of nitrogens with zero attached hydrogens (tertiary/aromatic N) is 1. The molecule has 1 aromatic heterocycles. The lowest BCUT2D eigenvalue weighted by atomic mass is 10.1. The number of furan rings is 1. The molecule has 0 saturated heterocycles. The molecule has 0 aliphatic heterocycles. The molecule has 0 atom stereocenters. The number of hydrazone groups is 1. The molecule has 2 rings (SSSR count). The van der Waals surface area contributed by atoms with E-state index in [9.17, 15) is 4.79 Å². The number of carbonyl (C=O) groups is 1. The van der Waals surface area contributed by atoms with Gasteiger partial charge in [0.05, 0.1) is 27.6 Å². The Morgan fingerprint density at radius 3 is 2.42 bits per heavy atom. The monoisotopic (exact) mass is 330 g/mol. The standard InChI is InChI=1S/C17H18N2O5/c1-21-14-10-12(11-15(22-2)16(14)23-3)17(20)19-18-8-4-6-13-7-5-9-24-13/h4-11H,1-3H3,(H,19,20)/b6-4+,18-8+. The average molecular weight is 330 g/mol. The molecule has 1 aromatic carbocycles. The number of benzene rings is 1. The Balaban J connectivity index is 2.06. The second-order valence-electron chi connectivity index (χ2n) is 4.51. The number of hydrogen-bond donors (Lipinski definition) is 1. The van der Waals surface area contributed by atoms with Crippen LogP contribution in [0, 0.1) is 0 Å². The molecular formula is C17H18N2O5. The van der Waals surface area contributed by atoms with Crippen molar-refractivity contribution in [2.45, 2.75) is 0 Å². The zero-order valence-electron chi connectivity index (χ0n) is 13.6. The van der Waals surface area contributed by atoms with Crippen LogP contribution < -0.4 is 19.6 Å². The predicted octanol–water partition coefficient (Wildman–Crippen LogP) is 2.73. The summed E-state index contributed by atoms with van der Waals surface area (Å²) in [5.41, 5.74) is 2.75. The van der Waals surface area contributed by atoms with Crippen LogP contribution in [0.1, 0.15) is 16.1 Å². The predicted molar refractivity (Wildman–Crippen MR) is 89.8 cm³/mol. The maximum absolute atomic E-state index is 12.2. The molecule has 1 heterocycles. The third-order valence-corrected chi connectivity index (χ3v) is 3.06. The van der Waals surface area contributed by atoms with Crippen molar-refractivity contribution in [2.24, 2.45) is 5.10 Å². The van der Waals surface area contributed by atoms with Crippen LogP contribution in [0.15, 0.2) is 46.1 Å². The van der Waals surface area contributed by atoms with Gasteiger partial charge in [0.25, 0.3) is 5.91 Å². The van der Waals surface area contributed by atoms with Crippen molar-refractivity contribution in [2.75, 3.05) is 21.3 Å². The van der Waals surface area contributed by atoms with Crippen molar-refractivity contribution < 1.29 is 23.4 Å². The Morgan fingerprint density at radius 1 is 1.17 bits per heavy atom. The number of methoxy groups -OCH3 is 3. The molecule has 0 bridgehead atoms. The summed E-state index contributed by atoms with van der Waals surface area (Å²) in [6, 6.07) is 6.68. The third kappa shape index (κ3) is 4.16. The highest BCUT2D eigenvalue weighted by Gasteiger charge is 2.16. The first-order valence-electron chi connectivity index (χ1n) is 7.03. The van der Waals surface area contributed by atoms with Gasteiger partial charge in [-0.1, -0.05) is 0 Å². The summed E-state index contributed by atoms with van der Waals surface area (Å²) in [7, 11) is 4.46. The first kappa shape index (κ1) is 17.1. The zero-order valence-corrected chi connectivity index (χ0v) is 13.6. The Morgan fingerprint density at radius 2 is 1.88 bits per heavy atom. The van der Waals surface area contributed by atoms with Crippen LogP contribution in [0.3, 0.4) is 0 Å². The van der Waals surface area contributed by atoms with Gasteiger partial charge in [0.15, 0.2) is 11.5 Å². The maximum atomic E-state index is 12.2. The molecule has 0 fully saturated rings. The third-order valence-electron chi connectivity index (χ3n) is 3.06. The number of amides is 1. The molecular weight excluding hydrogens is 312 g/mol. The van der Waals surface area contributed by atoms with E-state index in [4.69, 9.17) is 18.6 Å². The van der Waals surface area contributed by atoms with Gasteiger partial charge in [-0.05, 0) is 36.4 Å². The molecule has 0 unspecified atom stereocenters. The molecule has 7 nitrogen and oxygen atoms in total. The van der Waals surface area contributed by atoms with E-state index >= 15 is 0 Å². The van der Waals surface area contributed by atoms with Crippen molar-refractivity contribution in [1.29, 1.82) is 0 Å². The van der Waals surface area contributed by atoms with E-state index in [1.807, 2.05) is 0 Å². The Bertz CT molecular complexity index is 710. The fourth-order valence-electron chi connectivity index (χ4n) is 1.94. The van der Waals surface area contributed by atoms with Crippen LogP contribution in [0.25, 0.3) is 6.08 Å². The van der Waals surface area contributed by atoms with E-state index in [1.165, 1.54) is 27.5 Å². The summed E-state index contributed by atoms with van der Waals surface area (Å²) in [6.07, 6.45) is 6.38. The number of nitrogens with one attached hydrogen (secondary N) is 1. The highest BCUT2D eigenvalue weighted by atomic mass is 16.5. The largest absolute Gasteiger partial charge is 0.493 e. The average Bonchev–Trinajstić information content (AvgIpc) is 3.13. The van der Waals surface area contributed by atoms with E-state index in [1.54, 1.807) is 42.7 Å². The van der Waals surface area contributed by atoms with Crippen LogP contribution in [-0.2, 0) is 0 Å². The highest BCUT2D eigenvalue weighted by Crippen LogP contribution is 2.38. The van der Waals surface area contributed by atoms with E-state index in [0.29, 0.717) is 28.6 Å². The molecule has 0 radical (unpaired) electrons. The van der Waals surface area contributed by atoms with Gasteiger partial charge in [0.1, 0.15) is 5.76 Å². The summed E-state index contributed by atoms with van der Waals surface area (Å²) < 4.78 is 20.8. The first-order valence-corrected chi connectivity index (χ1v) is 7.03. The SMILES string of the molecule is COc1cc(C(=O)N/N=C/C=C/c2ccco2)cc(OC)c1OC. The van der Waals surface area contributed by atoms with Gasteiger partial charge in [0, 0.05) is 11.8 Å². The van der Waals surface area contributed by atoms with Crippen LogP contribution in [0.5, 0.6) is 17.2 Å². The lowest BCUT2D eigenvalue weighted by molar-refractivity contribution is 0.0954. The molecule has 1 N–H and O–H groups in total. The van der Waals surface area contributed by atoms with E-state index in [0.717, 1.165) is 0 Å². The van der Waals surface area contributed by atoms with Crippen molar-refractivity contribution in [1.82, 2.24) is 5.43 Å². The Kier molecular flexibility index (Phi) is 6.01. The number of carbonyl (C=O) groups excluding carboxylic acids is 1. The minimum atomic E-state index is -0.406. The van der Waals surface area contributed by atoms with E-state index < -0.39 is 5.91 Å². The van der Waals surface area contributed by atoms with E-state index in [2.05, 4.69) is 10.5 Å². The summed E-state index contributed by atoms with van der Waals surface area (Å²) in [4.78, 5) is 12.2. The van der Waals surface area contributed by atoms with Gasteiger partial charge in [0.2, 0.25) is 5.75 Å². The fourth-order valence-corrected chi connectivity index (χ4v) is 1.94. The van der Waals surface area contributed by atoms with Gasteiger partial charge >= 0.3 is 0 Å². The number of ether oxygens (including phenoxy) is 3. The van der Waals surface area contributed by atoms with Crippen molar-refractivity contribution in [3.8, 4) is 17.2 Å². The maximum Gasteiger partial charge on any atom is 0.271 e. The van der Waals surface area contributed by atoms with Crippen LogP contribution in [0.4, 0.5) is 0 Å². The molecule has 24 heavy (non-hydrogen) atoms. The number of hydrogen-bond acceptors (Lipinski definition) is 6. The second-order valence-corrected chi connectivity index (χ2v) is 4.51. The van der Waals surface area contributed by atoms with Gasteiger partial charge in [-0.15, -0.1) is 0 Å². The molecule has 2 aromatic rings. The molecule has 126 valence electrons. The zero-order chi connectivity index (χ0) is 17.4. The minimum Gasteiger partial charge on any atom is -0.493 e. The topological polar surface area (TPSA) is 82.3 Å². The summed E-state index contributed by atoms with van der Waals surface area (Å²) in [5.74, 6) is 1.49. The number of rotatable bonds is 7. The minimum absolute atomic E-state index is 0.330. The van der Waals surface area contributed by atoms with Crippen molar-refractivity contribution in [3.63, 3.8) is 0 Å². The van der Waals surface area contributed by atoms with Gasteiger partial charge in [-0.25, -0.2) is 5.43 Å². The lowest BCUT2D eigenvalue weighted by Gasteiger charge is -2.13. The summed E-state index contributed by atoms with van der Waals surface area (Å²) in [6.45, 7) is 0. The molecule has 7 heteroatoms. The summed E-state index contributed by atoms with van der Waals surface area (Å²) in [5, 5.41) is 3.83.